The van der Waals surface area contributed by atoms with E-state index >= 15 is 0 Å². The lowest BCUT2D eigenvalue weighted by atomic mass is 9.91. The number of hydrogen-bond acceptors (Lipinski definition) is 6. The third kappa shape index (κ3) is 6.10. The van der Waals surface area contributed by atoms with Crippen LogP contribution in [0.25, 0.3) is 32.6 Å². The van der Waals surface area contributed by atoms with Gasteiger partial charge in [-0.05, 0) is 79.1 Å². The summed E-state index contributed by atoms with van der Waals surface area (Å²) in [7, 11) is 0. The summed E-state index contributed by atoms with van der Waals surface area (Å²) in [6.45, 7) is 3.73. The molecule has 0 saturated heterocycles. The second kappa shape index (κ2) is 12.5. The Morgan fingerprint density at radius 3 is 2.10 bits per heavy atom. The topological polar surface area (TPSA) is 174 Å². The van der Waals surface area contributed by atoms with Gasteiger partial charge in [-0.15, -0.1) is 0 Å². The molecule has 1 aliphatic rings. The van der Waals surface area contributed by atoms with Gasteiger partial charge in [0.25, 0.3) is 5.91 Å². The van der Waals surface area contributed by atoms with Crippen molar-refractivity contribution in [3.63, 3.8) is 0 Å². The van der Waals surface area contributed by atoms with E-state index in [-0.39, 0.29) is 30.6 Å². The number of anilines is 2. The first-order valence-corrected chi connectivity index (χ1v) is 15.5. The van der Waals surface area contributed by atoms with E-state index in [2.05, 4.69) is 41.7 Å². The fourth-order valence-electron chi connectivity index (χ4n) is 6.10. The standard InChI is InChI=1S/C36H32N8O4/c1-19-27-16-24(9-12-29(27)43-41-19)37-32(46)18-26(45)11-14-31-33(35(47)38-25-10-13-30-28(17-25)20(2)42-44-30)34(40-36(48)39-31)23-8-7-21-5-3-4-6-22(21)15-23/h3-10,12-13,15-17,34H,11,14,18H2,1-2H3,(H,37,46)(H,38,47)(H,41,43)(H,42,44)(H2,39,40,48). The number of urea groups is 1. The maximum absolute atomic E-state index is 14.1. The highest BCUT2D eigenvalue weighted by Gasteiger charge is 2.33. The number of nitrogens with one attached hydrogen (secondary N) is 6. The SMILES string of the molecule is Cc1n[nH]c2ccc(NC(=O)CC(=O)CCC3=C(C(=O)Nc4ccc5[nH]nc(C)c5c4)C(c4ccc5ccccc5c4)NC(=O)N3)cc12. The summed E-state index contributed by atoms with van der Waals surface area (Å²) in [4.78, 5) is 52.9. The van der Waals surface area contributed by atoms with Crippen LogP contribution in [0.5, 0.6) is 0 Å². The minimum absolute atomic E-state index is 0.0480. The Morgan fingerprint density at radius 2 is 1.42 bits per heavy atom. The molecule has 0 radical (unpaired) electrons. The van der Waals surface area contributed by atoms with E-state index in [1.165, 1.54) is 0 Å². The van der Waals surface area contributed by atoms with Gasteiger partial charge < -0.3 is 21.3 Å². The number of amides is 4. The number of ketones is 1. The minimum Gasteiger partial charge on any atom is -0.327 e. The number of rotatable bonds is 9. The Kier molecular flexibility index (Phi) is 7.89. The van der Waals surface area contributed by atoms with Crippen LogP contribution in [0.15, 0.2) is 90.1 Å². The zero-order valence-electron chi connectivity index (χ0n) is 26.2. The number of benzene rings is 4. The fraction of sp³-hybridized carbons (Fsp3) is 0.167. The summed E-state index contributed by atoms with van der Waals surface area (Å²) in [5, 5.41) is 29.4. The first kappa shape index (κ1) is 30.4. The largest absolute Gasteiger partial charge is 0.327 e. The molecule has 6 N–H and O–H groups in total. The summed E-state index contributed by atoms with van der Waals surface area (Å²) in [6, 6.07) is 23.1. The molecule has 12 heteroatoms. The number of Topliss-reactive ketones (excluding diaryl/α,β-unsaturated/α-hetero) is 1. The van der Waals surface area contributed by atoms with E-state index < -0.39 is 23.9 Å². The number of aryl methyl sites for hydroxylation is 2. The number of H-pyrrole nitrogens is 2. The highest BCUT2D eigenvalue weighted by molar-refractivity contribution is 6.08. The van der Waals surface area contributed by atoms with E-state index in [9.17, 15) is 19.2 Å². The zero-order valence-corrected chi connectivity index (χ0v) is 26.2. The second-order valence-corrected chi connectivity index (χ2v) is 11.9. The molecule has 4 aromatic carbocycles. The Morgan fingerprint density at radius 1 is 0.771 bits per heavy atom. The van der Waals surface area contributed by atoms with Crippen LogP contribution in [0.3, 0.4) is 0 Å². The van der Waals surface area contributed by atoms with Crippen molar-refractivity contribution in [3.05, 3.63) is 107 Å². The molecule has 2 aromatic heterocycles. The van der Waals surface area contributed by atoms with Crippen molar-refractivity contribution in [2.75, 3.05) is 10.6 Å². The van der Waals surface area contributed by atoms with Gasteiger partial charge in [0.05, 0.1) is 40.5 Å². The number of nitrogens with zero attached hydrogens (tertiary/aromatic N) is 2. The van der Waals surface area contributed by atoms with Crippen LogP contribution >= 0.6 is 0 Å². The Labute approximate surface area is 274 Å². The molecule has 240 valence electrons. The van der Waals surface area contributed by atoms with Crippen molar-refractivity contribution in [2.24, 2.45) is 0 Å². The van der Waals surface area contributed by atoms with E-state index in [0.717, 1.165) is 44.0 Å². The molecular weight excluding hydrogens is 608 g/mol. The monoisotopic (exact) mass is 640 g/mol. The maximum Gasteiger partial charge on any atom is 0.319 e. The molecule has 1 atom stereocenters. The summed E-state index contributed by atoms with van der Waals surface area (Å²) < 4.78 is 0. The molecule has 12 nitrogen and oxygen atoms in total. The van der Waals surface area contributed by atoms with Gasteiger partial charge in [0.1, 0.15) is 5.78 Å². The number of fused-ring (bicyclic) bond motifs is 3. The molecule has 48 heavy (non-hydrogen) atoms. The van der Waals surface area contributed by atoms with Crippen LogP contribution < -0.4 is 21.3 Å². The quantitative estimate of drug-likeness (QED) is 0.108. The fourth-order valence-corrected chi connectivity index (χ4v) is 6.10. The van der Waals surface area contributed by atoms with Gasteiger partial charge in [-0.1, -0.05) is 36.4 Å². The molecule has 0 fully saturated rings. The van der Waals surface area contributed by atoms with Gasteiger partial charge in [-0.25, -0.2) is 4.79 Å². The van der Waals surface area contributed by atoms with Crippen LogP contribution in [0.2, 0.25) is 0 Å². The van der Waals surface area contributed by atoms with Gasteiger partial charge >= 0.3 is 6.03 Å². The van der Waals surface area contributed by atoms with Crippen LogP contribution in [-0.2, 0) is 14.4 Å². The lowest BCUT2D eigenvalue weighted by Crippen LogP contribution is -2.46. The molecular formula is C36H32N8O4. The average molecular weight is 641 g/mol. The molecule has 1 aliphatic heterocycles. The summed E-state index contributed by atoms with van der Waals surface area (Å²) in [6.07, 6.45) is -0.377. The Balaban J connectivity index is 1.14. The van der Waals surface area contributed by atoms with Crippen LogP contribution in [-0.4, -0.2) is 44.0 Å². The summed E-state index contributed by atoms with van der Waals surface area (Å²) in [5.74, 6) is -1.23. The van der Waals surface area contributed by atoms with Gasteiger partial charge in [-0.2, -0.15) is 10.2 Å². The molecule has 3 heterocycles. The van der Waals surface area contributed by atoms with Crippen molar-refractivity contribution >= 4 is 67.6 Å². The molecule has 7 rings (SSSR count). The maximum atomic E-state index is 14.1. The second-order valence-electron chi connectivity index (χ2n) is 11.9. The highest BCUT2D eigenvalue weighted by atomic mass is 16.2. The number of allylic oxidation sites excluding steroid dienone is 1. The van der Waals surface area contributed by atoms with E-state index in [1.54, 1.807) is 18.2 Å². The molecule has 0 bridgehead atoms. The molecule has 4 amide bonds. The Bertz CT molecular complexity index is 2300. The average Bonchev–Trinajstić information content (AvgIpc) is 3.64. The number of aromatic nitrogens is 4. The minimum atomic E-state index is -0.794. The van der Waals surface area contributed by atoms with Crippen LogP contribution in [0.1, 0.15) is 42.3 Å². The lowest BCUT2D eigenvalue weighted by molar-refractivity contribution is -0.125. The van der Waals surface area contributed by atoms with Gasteiger partial charge in [-0.3, -0.25) is 24.6 Å². The van der Waals surface area contributed by atoms with Crippen molar-refractivity contribution < 1.29 is 19.2 Å². The van der Waals surface area contributed by atoms with E-state index in [1.807, 2.05) is 74.5 Å². The first-order chi connectivity index (χ1) is 23.2. The van der Waals surface area contributed by atoms with Crippen molar-refractivity contribution in [3.8, 4) is 0 Å². The van der Waals surface area contributed by atoms with Crippen molar-refractivity contribution in [1.29, 1.82) is 0 Å². The summed E-state index contributed by atoms with van der Waals surface area (Å²) >= 11 is 0. The van der Waals surface area contributed by atoms with Gasteiger partial charge in [0.2, 0.25) is 5.91 Å². The smallest absolute Gasteiger partial charge is 0.319 e. The molecule has 6 aromatic rings. The normalized spacial score (nSPS) is 14.6. The van der Waals surface area contributed by atoms with Crippen LogP contribution in [0.4, 0.5) is 16.2 Å². The Hall–Kier alpha value is -6.30. The molecule has 0 aliphatic carbocycles. The molecule has 0 spiro atoms. The highest BCUT2D eigenvalue weighted by Crippen LogP contribution is 2.32. The number of carbonyl (C=O) groups is 4. The van der Waals surface area contributed by atoms with Gasteiger partial charge in [0, 0.05) is 34.3 Å². The van der Waals surface area contributed by atoms with Crippen molar-refractivity contribution in [2.45, 2.75) is 39.2 Å². The predicted molar refractivity (Wildman–Crippen MR) is 183 cm³/mol. The predicted octanol–water partition coefficient (Wildman–Crippen LogP) is 5.83. The van der Waals surface area contributed by atoms with E-state index in [4.69, 9.17) is 0 Å². The number of carbonyl (C=O) groups excluding carboxylic acids is 4. The first-order valence-electron chi connectivity index (χ1n) is 15.5. The lowest BCUT2D eigenvalue weighted by Gasteiger charge is -2.30. The van der Waals surface area contributed by atoms with Crippen molar-refractivity contribution in [1.82, 2.24) is 31.0 Å². The summed E-state index contributed by atoms with van der Waals surface area (Å²) in [5.41, 5.74) is 5.68. The number of aromatic amines is 2. The third-order valence-corrected chi connectivity index (χ3v) is 8.57. The zero-order chi connectivity index (χ0) is 33.4. The van der Waals surface area contributed by atoms with Gasteiger partial charge in [0.15, 0.2) is 0 Å². The molecule has 0 saturated carbocycles. The van der Waals surface area contributed by atoms with Crippen LogP contribution in [0, 0.1) is 13.8 Å². The molecule has 1 unspecified atom stereocenters. The third-order valence-electron chi connectivity index (χ3n) is 8.57. The number of hydrogen-bond donors (Lipinski definition) is 6. The van der Waals surface area contributed by atoms with E-state index in [0.29, 0.717) is 22.6 Å².